The molecule has 0 aliphatic carbocycles. The quantitative estimate of drug-likeness (QED) is 0.312. The van der Waals surface area contributed by atoms with E-state index in [9.17, 15) is 14.7 Å². The van der Waals surface area contributed by atoms with Gasteiger partial charge in [-0.25, -0.2) is 0 Å². The summed E-state index contributed by atoms with van der Waals surface area (Å²) in [5.74, 6) is -1.58. The maximum absolute atomic E-state index is 13.1. The molecule has 1 amide bonds. The first-order valence-corrected chi connectivity index (χ1v) is 11.0. The van der Waals surface area contributed by atoms with Crippen molar-refractivity contribution in [1.82, 2.24) is 0 Å². The molecular formula is C25H17ClINO3. The molecule has 31 heavy (non-hydrogen) atoms. The van der Waals surface area contributed by atoms with E-state index < -0.39 is 23.5 Å². The van der Waals surface area contributed by atoms with Crippen LogP contribution in [-0.2, 0) is 9.59 Å². The highest BCUT2D eigenvalue weighted by molar-refractivity contribution is 14.1. The highest BCUT2D eigenvalue weighted by atomic mass is 127. The summed E-state index contributed by atoms with van der Waals surface area (Å²) in [6.07, 6.45) is 3.05. The van der Waals surface area contributed by atoms with Crippen molar-refractivity contribution in [3.8, 4) is 0 Å². The summed E-state index contributed by atoms with van der Waals surface area (Å²) in [5, 5.41) is 11.2. The van der Waals surface area contributed by atoms with E-state index in [-0.39, 0.29) is 5.57 Å². The van der Waals surface area contributed by atoms with Crippen LogP contribution >= 0.6 is 34.2 Å². The van der Waals surface area contributed by atoms with E-state index >= 15 is 0 Å². The number of ketones is 1. The maximum atomic E-state index is 13.1. The molecule has 1 atom stereocenters. The van der Waals surface area contributed by atoms with E-state index in [1.807, 2.05) is 42.5 Å². The molecule has 0 saturated heterocycles. The number of allylic oxidation sites excluding steroid dienone is 1. The van der Waals surface area contributed by atoms with E-state index in [4.69, 9.17) is 11.6 Å². The Bertz CT molecular complexity index is 1190. The molecule has 6 heteroatoms. The molecule has 4 nitrogen and oxygen atoms in total. The Morgan fingerprint density at radius 3 is 2.26 bits per heavy atom. The van der Waals surface area contributed by atoms with Gasteiger partial charge in [-0.15, -0.1) is 0 Å². The first kappa shape index (κ1) is 21.3. The molecule has 4 rings (SSSR count). The Hall–Kier alpha value is -2.90. The van der Waals surface area contributed by atoms with Gasteiger partial charge in [0.2, 0.25) is 0 Å². The van der Waals surface area contributed by atoms with Crippen LogP contribution in [0.25, 0.3) is 6.08 Å². The summed E-state index contributed by atoms with van der Waals surface area (Å²) < 4.78 is 1.01. The first-order valence-electron chi connectivity index (χ1n) is 9.51. The van der Waals surface area contributed by atoms with Gasteiger partial charge in [0, 0.05) is 14.3 Å². The lowest BCUT2D eigenvalue weighted by molar-refractivity contribution is -0.117. The number of rotatable bonds is 5. The zero-order valence-electron chi connectivity index (χ0n) is 16.2. The van der Waals surface area contributed by atoms with E-state index in [2.05, 4.69) is 22.6 Å². The first-order chi connectivity index (χ1) is 15.0. The van der Waals surface area contributed by atoms with Gasteiger partial charge in [-0.3, -0.25) is 14.5 Å². The van der Waals surface area contributed by atoms with Crippen molar-refractivity contribution in [2.45, 2.75) is 6.04 Å². The topological polar surface area (TPSA) is 57.6 Å². The average molecular weight is 542 g/mol. The smallest absolute Gasteiger partial charge is 0.294 e. The number of carbonyl (C=O) groups excluding carboxylic acids is 2. The van der Waals surface area contributed by atoms with Crippen LogP contribution in [0.4, 0.5) is 5.69 Å². The highest BCUT2D eigenvalue weighted by Gasteiger charge is 2.43. The summed E-state index contributed by atoms with van der Waals surface area (Å²) in [5.41, 5.74) is 2.15. The van der Waals surface area contributed by atoms with Crippen LogP contribution < -0.4 is 4.90 Å². The Morgan fingerprint density at radius 1 is 0.968 bits per heavy atom. The second-order valence-electron chi connectivity index (χ2n) is 6.98. The lowest BCUT2D eigenvalue weighted by Crippen LogP contribution is -2.30. The Kier molecular flexibility index (Phi) is 6.25. The Labute approximate surface area is 198 Å². The molecule has 1 heterocycles. The van der Waals surface area contributed by atoms with Crippen LogP contribution in [0, 0.1) is 3.57 Å². The number of benzene rings is 3. The number of halogens is 2. The largest absolute Gasteiger partial charge is 0.503 e. The third-order valence-electron chi connectivity index (χ3n) is 4.99. The van der Waals surface area contributed by atoms with E-state index in [0.29, 0.717) is 16.3 Å². The van der Waals surface area contributed by atoms with Crippen LogP contribution in [0.1, 0.15) is 17.2 Å². The van der Waals surface area contributed by atoms with Gasteiger partial charge in [-0.05, 0) is 76.2 Å². The van der Waals surface area contributed by atoms with Gasteiger partial charge in [0.15, 0.2) is 11.5 Å². The van der Waals surface area contributed by atoms with Crippen molar-refractivity contribution in [3.63, 3.8) is 0 Å². The number of amides is 1. The standard InChI is InChI=1S/C25H17ClINO3/c26-18-9-7-17(8-10-18)23-22(21(29)15-6-16-4-2-1-3-5-16)24(30)25(31)28(23)20-13-11-19(27)12-14-20/h1-15,23,30H. The maximum Gasteiger partial charge on any atom is 0.294 e. The third-order valence-corrected chi connectivity index (χ3v) is 5.96. The number of hydrogen-bond acceptors (Lipinski definition) is 3. The third kappa shape index (κ3) is 4.43. The molecule has 0 aromatic heterocycles. The van der Waals surface area contributed by atoms with Crippen molar-refractivity contribution in [1.29, 1.82) is 0 Å². The van der Waals surface area contributed by atoms with Crippen LogP contribution in [-0.4, -0.2) is 16.8 Å². The van der Waals surface area contributed by atoms with E-state index in [0.717, 1.165) is 9.13 Å². The lowest BCUT2D eigenvalue weighted by Gasteiger charge is -2.26. The highest BCUT2D eigenvalue weighted by Crippen LogP contribution is 2.41. The molecule has 3 aromatic rings. The molecule has 0 spiro atoms. The molecule has 1 N–H and O–H groups in total. The average Bonchev–Trinajstić information content (AvgIpc) is 3.05. The normalized spacial score (nSPS) is 16.4. The fourth-order valence-electron chi connectivity index (χ4n) is 3.51. The number of anilines is 1. The minimum atomic E-state index is -0.766. The van der Waals surface area contributed by atoms with Crippen LogP contribution in [0.15, 0.2) is 96.3 Å². The summed E-state index contributed by atoms with van der Waals surface area (Å²) in [4.78, 5) is 27.6. The fraction of sp³-hybridized carbons (Fsp3) is 0.0400. The molecule has 1 unspecified atom stereocenters. The molecule has 1 aliphatic rings. The van der Waals surface area contributed by atoms with Crippen molar-refractivity contribution < 1.29 is 14.7 Å². The zero-order chi connectivity index (χ0) is 22.0. The second-order valence-corrected chi connectivity index (χ2v) is 8.66. The fourth-order valence-corrected chi connectivity index (χ4v) is 4.00. The number of aliphatic hydroxyl groups is 1. The summed E-state index contributed by atoms with van der Waals surface area (Å²) in [6.45, 7) is 0. The summed E-state index contributed by atoms with van der Waals surface area (Å²) >= 11 is 8.22. The summed E-state index contributed by atoms with van der Waals surface area (Å²) in [7, 11) is 0. The van der Waals surface area contributed by atoms with Gasteiger partial charge < -0.3 is 5.11 Å². The molecule has 0 saturated carbocycles. The van der Waals surface area contributed by atoms with Crippen LogP contribution in [0.5, 0.6) is 0 Å². The second kappa shape index (κ2) is 9.08. The monoisotopic (exact) mass is 541 g/mol. The molecule has 154 valence electrons. The number of hydrogen-bond donors (Lipinski definition) is 1. The minimum Gasteiger partial charge on any atom is -0.503 e. The number of carbonyl (C=O) groups is 2. The predicted octanol–water partition coefficient (Wildman–Crippen LogP) is 6.13. The van der Waals surface area contributed by atoms with Gasteiger partial charge in [0.1, 0.15) is 0 Å². The molecule has 0 bridgehead atoms. The molecule has 3 aromatic carbocycles. The zero-order valence-corrected chi connectivity index (χ0v) is 19.1. The van der Waals surface area contributed by atoms with E-state index in [1.165, 1.54) is 11.0 Å². The van der Waals surface area contributed by atoms with Gasteiger partial charge in [0.25, 0.3) is 5.91 Å². The van der Waals surface area contributed by atoms with Crippen LogP contribution in [0.2, 0.25) is 5.02 Å². The number of aliphatic hydroxyl groups excluding tert-OH is 1. The number of nitrogens with zero attached hydrogens (tertiary/aromatic N) is 1. The van der Waals surface area contributed by atoms with Crippen molar-refractivity contribution in [2.75, 3.05) is 4.90 Å². The van der Waals surface area contributed by atoms with Gasteiger partial charge >= 0.3 is 0 Å². The Balaban J connectivity index is 1.78. The molecule has 1 aliphatic heterocycles. The van der Waals surface area contributed by atoms with Gasteiger partial charge in [-0.2, -0.15) is 0 Å². The van der Waals surface area contributed by atoms with E-state index in [1.54, 1.807) is 42.5 Å². The predicted molar refractivity (Wildman–Crippen MR) is 131 cm³/mol. The van der Waals surface area contributed by atoms with Crippen molar-refractivity contribution in [2.24, 2.45) is 0 Å². The van der Waals surface area contributed by atoms with Crippen LogP contribution in [0.3, 0.4) is 0 Å². The molecule has 0 radical (unpaired) electrons. The molecule has 0 fully saturated rings. The minimum absolute atomic E-state index is 0.0399. The summed E-state index contributed by atoms with van der Waals surface area (Å²) in [6, 6.07) is 22.8. The van der Waals surface area contributed by atoms with Gasteiger partial charge in [-0.1, -0.05) is 60.1 Å². The van der Waals surface area contributed by atoms with Gasteiger partial charge in [0.05, 0.1) is 11.6 Å². The SMILES string of the molecule is O=C(C=Cc1ccccc1)C1=C(O)C(=O)N(c2ccc(I)cc2)C1c1ccc(Cl)cc1. The molecular weight excluding hydrogens is 525 g/mol. The van der Waals surface area contributed by atoms with Crippen molar-refractivity contribution >= 4 is 57.6 Å². The van der Waals surface area contributed by atoms with Crippen molar-refractivity contribution in [3.05, 3.63) is 116 Å². The Morgan fingerprint density at radius 2 is 1.61 bits per heavy atom. The lowest BCUT2D eigenvalue weighted by atomic mass is 9.95.